The van der Waals surface area contributed by atoms with E-state index in [4.69, 9.17) is 22.4 Å². The fraction of sp³-hybridized carbons (Fsp3) is 0.667. The number of halogens is 1. The van der Waals surface area contributed by atoms with Crippen LogP contribution in [0.5, 0.6) is 0 Å². The van der Waals surface area contributed by atoms with E-state index in [1.165, 1.54) is 0 Å². The first-order valence-corrected chi connectivity index (χ1v) is 3.88. The lowest BCUT2D eigenvalue weighted by atomic mass is 10.2. The van der Waals surface area contributed by atoms with E-state index in [0.29, 0.717) is 19.4 Å². The SMILES string of the molecule is NC(=O)NCCCC(Cl)C(=O)O. The molecule has 0 aliphatic rings. The Morgan fingerprint density at radius 3 is 2.58 bits per heavy atom. The fourth-order valence-electron chi connectivity index (χ4n) is 0.616. The van der Waals surface area contributed by atoms with Crippen molar-refractivity contribution in [2.24, 2.45) is 5.73 Å². The summed E-state index contributed by atoms with van der Waals surface area (Å²) in [6, 6.07) is -0.614. The first-order valence-electron chi connectivity index (χ1n) is 3.44. The van der Waals surface area contributed by atoms with E-state index in [1.54, 1.807) is 0 Å². The smallest absolute Gasteiger partial charge is 0.321 e. The third kappa shape index (κ3) is 5.79. The van der Waals surface area contributed by atoms with Crippen LogP contribution in [-0.2, 0) is 4.79 Å². The summed E-state index contributed by atoms with van der Waals surface area (Å²) < 4.78 is 0. The zero-order valence-corrected chi connectivity index (χ0v) is 7.17. The van der Waals surface area contributed by atoms with Gasteiger partial charge in [-0.3, -0.25) is 4.79 Å². The van der Waals surface area contributed by atoms with Crippen LogP contribution in [0.4, 0.5) is 4.79 Å². The number of carbonyl (C=O) groups is 2. The quantitative estimate of drug-likeness (QED) is 0.429. The minimum atomic E-state index is -1.05. The first kappa shape index (κ1) is 11.0. The molecule has 6 heteroatoms. The molecular weight excluding hydrogens is 184 g/mol. The number of aliphatic carboxylic acids is 1. The summed E-state index contributed by atoms with van der Waals surface area (Å²) in [5.41, 5.74) is 4.77. The fourth-order valence-corrected chi connectivity index (χ4v) is 0.771. The van der Waals surface area contributed by atoms with E-state index in [1.807, 2.05) is 0 Å². The lowest BCUT2D eigenvalue weighted by Gasteiger charge is -2.03. The maximum absolute atomic E-state index is 10.2. The van der Waals surface area contributed by atoms with Gasteiger partial charge in [0, 0.05) is 6.54 Å². The van der Waals surface area contributed by atoms with E-state index in [-0.39, 0.29) is 0 Å². The van der Waals surface area contributed by atoms with Gasteiger partial charge in [0.05, 0.1) is 0 Å². The Morgan fingerprint density at radius 1 is 1.58 bits per heavy atom. The number of carboxylic acid groups (broad SMARTS) is 1. The molecular formula is C6H11ClN2O3. The number of carboxylic acids is 1. The van der Waals surface area contributed by atoms with Crippen LogP contribution in [0.15, 0.2) is 0 Å². The van der Waals surface area contributed by atoms with Gasteiger partial charge in [-0.2, -0.15) is 0 Å². The van der Waals surface area contributed by atoms with Crippen molar-refractivity contribution in [1.82, 2.24) is 5.32 Å². The molecule has 0 bridgehead atoms. The van der Waals surface area contributed by atoms with Gasteiger partial charge in [-0.15, -0.1) is 11.6 Å². The van der Waals surface area contributed by atoms with Gasteiger partial charge in [0.15, 0.2) is 0 Å². The molecule has 5 nitrogen and oxygen atoms in total. The van der Waals surface area contributed by atoms with Gasteiger partial charge in [0.25, 0.3) is 0 Å². The Balaban J connectivity index is 3.31. The highest BCUT2D eigenvalue weighted by Crippen LogP contribution is 2.04. The monoisotopic (exact) mass is 194 g/mol. The predicted octanol–water partition coefficient (Wildman–Crippen LogP) is 0.127. The molecule has 0 aromatic heterocycles. The summed E-state index contributed by atoms with van der Waals surface area (Å²) in [5, 5.41) is 9.78. The van der Waals surface area contributed by atoms with Crippen molar-refractivity contribution in [3.8, 4) is 0 Å². The van der Waals surface area contributed by atoms with Crippen LogP contribution >= 0.6 is 11.6 Å². The molecule has 0 aromatic carbocycles. The summed E-state index contributed by atoms with van der Waals surface area (Å²) >= 11 is 5.39. The van der Waals surface area contributed by atoms with Gasteiger partial charge in [-0.1, -0.05) is 0 Å². The molecule has 0 aromatic rings. The minimum Gasteiger partial charge on any atom is -0.480 e. The molecule has 0 aliphatic heterocycles. The largest absolute Gasteiger partial charge is 0.480 e. The maximum atomic E-state index is 10.2. The highest BCUT2D eigenvalue weighted by Gasteiger charge is 2.12. The number of alkyl halides is 1. The number of urea groups is 1. The summed E-state index contributed by atoms with van der Waals surface area (Å²) in [6.07, 6.45) is 0.820. The van der Waals surface area contributed by atoms with Crippen LogP contribution in [0.3, 0.4) is 0 Å². The normalized spacial score (nSPS) is 12.1. The van der Waals surface area contributed by atoms with Crippen LogP contribution in [0.25, 0.3) is 0 Å². The standard InChI is InChI=1S/C6H11ClN2O3/c7-4(5(10)11)2-1-3-9-6(8)12/h4H,1-3H2,(H,10,11)(H3,8,9,12). The molecule has 0 saturated heterocycles. The minimum absolute atomic E-state index is 0.317. The van der Waals surface area contributed by atoms with Crippen molar-refractivity contribution in [3.63, 3.8) is 0 Å². The number of nitrogens with two attached hydrogens (primary N) is 1. The van der Waals surface area contributed by atoms with Crippen LogP contribution < -0.4 is 11.1 Å². The van der Waals surface area contributed by atoms with Crippen LogP contribution in [0.2, 0.25) is 0 Å². The van der Waals surface area contributed by atoms with E-state index in [0.717, 1.165) is 0 Å². The number of carbonyl (C=O) groups excluding carboxylic acids is 1. The molecule has 12 heavy (non-hydrogen) atoms. The number of hydrogen-bond acceptors (Lipinski definition) is 2. The average Bonchev–Trinajstić information content (AvgIpc) is 1.97. The molecule has 0 saturated carbocycles. The highest BCUT2D eigenvalue weighted by molar-refractivity contribution is 6.29. The molecule has 1 unspecified atom stereocenters. The lowest BCUT2D eigenvalue weighted by Crippen LogP contribution is -2.30. The van der Waals surface area contributed by atoms with E-state index < -0.39 is 17.4 Å². The molecule has 0 spiro atoms. The number of primary amides is 1. The molecule has 0 fully saturated rings. The van der Waals surface area contributed by atoms with Crippen LogP contribution in [0, 0.1) is 0 Å². The van der Waals surface area contributed by atoms with Crippen molar-refractivity contribution >= 4 is 23.6 Å². The van der Waals surface area contributed by atoms with Crippen molar-refractivity contribution in [3.05, 3.63) is 0 Å². The van der Waals surface area contributed by atoms with Crippen molar-refractivity contribution in [2.45, 2.75) is 18.2 Å². The van der Waals surface area contributed by atoms with E-state index in [2.05, 4.69) is 5.32 Å². The third-order valence-corrected chi connectivity index (χ3v) is 1.61. The van der Waals surface area contributed by atoms with E-state index >= 15 is 0 Å². The predicted molar refractivity (Wildman–Crippen MR) is 44.1 cm³/mol. The zero-order valence-electron chi connectivity index (χ0n) is 6.42. The molecule has 1 atom stereocenters. The molecule has 4 N–H and O–H groups in total. The van der Waals surface area contributed by atoms with Crippen LogP contribution in [-0.4, -0.2) is 29.0 Å². The van der Waals surface area contributed by atoms with Gasteiger partial charge in [0.2, 0.25) is 0 Å². The Bertz CT molecular complexity index is 174. The number of nitrogens with one attached hydrogen (secondary N) is 1. The lowest BCUT2D eigenvalue weighted by molar-refractivity contribution is -0.136. The maximum Gasteiger partial charge on any atom is 0.321 e. The third-order valence-electron chi connectivity index (χ3n) is 1.20. The second-order valence-electron chi connectivity index (χ2n) is 2.24. The second kappa shape index (κ2) is 5.65. The van der Waals surface area contributed by atoms with Gasteiger partial charge in [-0.05, 0) is 12.8 Å². The zero-order chi connectivity index (χ0) is 9.56. The molecule has 0 aliphatic carbocycles. The van der Waals surface area contributed by atoms with E-state index in [9.17, 15) is 9.59 Å². The molecule has 0 radical (unpaired) electrons. The Kier molecular flexibility index (Phi) is 5.19. The molecule has 0 rings (SSSR count). The number of amides is 2. The summed E-state index contributed by atoms with van der Waals surface area (Å²) in [6.45, 7) is 0.353. The van der Waals surface area contributed by atoms with Crippen LogP contribution in [0.1, 0.15) is 12.8 Å². The molecule has 70 valence electrons. The Morgan fingerprint density at radius 2 is 2.17 bits per heavy atom. The number of hydrogen-bond donors (Lipinski definition) is 3. The summed E-state index contributed by atoms with van der Waals surface area (Å²) in [5.74, 6) is -1.05. The van der Waals surface area contributed by atoms with Gasteiger partial charge >= 0.3 is 12.0 Å². The first-order chi connectivity index (χ1) is 5.54. The van der Waals surface area contributed by atoms with Crippen molar-refractivity contribution in [2.75, 3.05) is 6.54 Å². The number of rotatable bonds is 5. The van der Waals surface area contributed by atoms with Gasteiger partial charge < -0.3 is 16.2 Å². The van der Waals surface area contributed by atoms with Crippen molar-refractivity contribution < 1.29 is 14.7 Å². The Hall–Kier alpha value is -0.970. The van der Waals surface area contributed by atoms with Gasteiger partial charge in [-0.25, -0.2) is 4.79 Å². The summed E-state index contributed by atoms with van der Waals surface area (Å²) in [4.78, 5) is 20.3. The highest BCUT2D eigenvalue weighted by atomic mass is 35.5. The van der Waals surface area contributed by atoms with Crippen molar-refractivity contribution in [1.29, 1.82) is 0 Å². The second-order valence-corrected chi connectivity index (χ2v) is 2.77. The summed E-state index contributed by atoms with van der Waals surface area (Å²) in [7, 11) is 0. The molecule has 2 amide bonds. The average molecular weight is 195 g/mol. The topological polar surface area (TPSA) is 92.4 Å². The molecule has 0 heterocycles. The van der Waals surface area contributed by atoms with Gasteiger partial charge in [0.1, 0.15) is 5.38 Å². The Labute approximate surface area is 74.9 Å².